The van der Waals surface area contributed by atoms with E-state index >= 15 is 0 Å². The van der Waals surface area contributed by atoms with E-state index in [0.717, 1.165) is 17.3 Å². The number of benzene rings is 1. The number of nitrogens with zero attached hydrogens (tertiary/aromatic N) is 2. The van der Waals surface area contributed by atoms with Crippen LogP contribution in [-0.4, -0.2) is 9.78 Å². The van der Waals surface area contributed by atoms with Crippen molar-refractivity contribution in [3.63, 3.8) is 0 Å². The maximum absolute atomic E-state index is 6.58. The van der Waals surface area contributed by atoms with Crippen LogP contribution < -0.4 is 5.73 Å². The van der Waals surface area contributed by atoms with Gasteiger partial charge in [0.15, 0.2) is 0 Å². The fraction of sp³-hybridized carbons (Fsp3) is 0.500. The van der Waals surface area contributed by atoms with Gasteiger partial charge in [0.2, 0.25) is 0 Å². The van der Waals surface area contributed by atoms with Crippen LogP contribution >= 0.6 is 0 Å². The van der Waals surface area contributed by atoms with Crippen LogP contribution in [0.2, 0.25) is 0 Å². The quantitative estimate of drug-likeness (QED) is 0.918. The molecule has 1 aromatic carbocycles. The first-order valence-electron chi connectivity index (χ1n) is 8.14. The normalized spacial score (nSPS) is 23.9. The van der Waals surface area contributed by atoms with Crippen molar-refractivity contribution < 1.29 is 0 Å². The second-order valence-electron chi connectivity index (χ2n) is 6.22. The number of nitrogens with two attached hydrogens (primary N) is 1. The fourth-order valence-corrected chi connectivity index (χ4v) is 3.55. The first-order chi connectivity index (χ1) is 10.3. The van der Waals surface area contributed by atoms with Crippen LogP contribution in [0.15, 0.2) is 42.6 Å². The van der Waals surface area contributed by atoms with E-state index in [9.17, 15) is 0 Å². The van der Waals surface area contributed by atoms with Gasteiger partial charge >= 0.3 is 0 Å². The second-order valence-corrected chi connectivity index (χ2v) is 6.22. The first kappa shape index (κ1) is 14.3. The molecule has 2 N–H and O–H groups in total. The number of para-hydroxylation sites is 1. The summed E-state index contributed by atoms with van der Waals surface area (Å²) in [6.45, 7) is 2.30. The van der Waals surface area contributed by atoms with Gasteiger partial charge in [0.1, 0.15) is 0 Å². The van der Waals surface area contributed by atoms with Crippen molar-refractivity contribution in [1.82, 2.24) is 9.78 Å². The summed E-state index contributed by atoms with van der Waals surface area (Å²) in [6.07, 6.45) is 8.33. The smallest absolute Gasteiger partial charge is 0.0649 e. The van der Waals surface area contributed by atoms with Crippen LogP contribution in [-0.2, 0) is 0 Å². The lowest BCUT2D eigenvalue weighted by atomic mass is 9.77. The Hall–Kier alpha value is -1.61. The Labute approximate surface area is 127 Å². The lowest BCUT2D eigenvalue weighted by Gasteiger charge is -2.32. The average Bonchev–Trinajstić information content (AvgIpc) is 3.04. The van der Waals surface area contributed by atoms with Gasteiger partial charge in [-0.05, 0) is 42.9 Å². The summed E-state index contributed by atoms with van der Waals surface area (Å²) in [5.74, 6) is 1.50. The van der Waals surface area contributed by atoms with Gasteiger partial charge in [-0.15, -0.1) is 0 Å². The minimum atomic E-state index is 0.0884. The van der Waals surface area contributed by atoms with Gasteiger partial charge < -0.3 is 5.73 Å². The van der Waals surface area contributed by atoms with Crippen molar-refractivity contribution in [3.05, 3.63) is 48.3 Å². The molecule has 0 saturated heterocycles. The molecule has 1 aliphatic rings. The molecule has 0 bridgehead atoms. The van der Waals surface area contributed by atoms with Crippen LogP contribution in [0.5, 0.6) is 0 Å². The van der Waals surface area contributed by atoms with Gasteiger partial charge in [0.25, 0.3) is 0 Å². The maximum Gasteiger partial charge on any atom is 0.0649 e. The van der Waals surface area contributed by atoms with Crippen molar-refractivity contribution >= 4 is 0 Å². The molecule has 3 rings (SSSR count). The van der Waals surface area contributed by atoms with Gasteiger partial charge in [-0.2, -0.15) is 5.10 Å². The molecule has 1 atom stereocenters. The summed E-state index contributed by atoms with van der Waals surface area (Å²) in [7, 11) is 0. The fourth-order valence-electron chi connectivity index (χ4n) is 3.55. The third-order valence-electron chi connectivity index (χ3n) is 4.99. The van der Waals surface area contributed by atoms with Crippen LogP contribution in [0, 0.1) is 11.8 Å². The third-order valence-corrected chi connectivity index (χ3v) is 4.99. The van der Waals surface area contributed by atoms with Gasteiger partial charge in [-0.1, -0.05) is 44.4 Å². The van der Waals surface area contributed by atoms with E-state index in [-0.39, 0.29) is 6.04 Å². The second kappa shape index (κ2) is 6.44. The van der Waals surface area contributed by atoms with Crippen LogP contribution in [0.1, 0.15) is 50.8 Å². The van der Waals surface area contributed by atoms with Gasteiger partial charge in [-0.3, -0.25) is 0 Å². The van der Waals surface area contributed by atoms with Gasteiger partial charge in [0.05, 0.1) is 11.4 Å². The SMILES string of the molecule is CCC1CCC(C(N)c2ccnn2-c2ccccc2)CC1. The Kier molecular flexibility index (Phi) is 4.39. The summed E-state index contributed by atoms with van der Waals surface area (Å²) < 4.78 is 2.00. The van der Waals surface area contributed by atoms with Crippen molar-refractivity contribution in [1.29, 1.82) is 0 Å². The molecule has 1 aromatic heterocycles. The molecule has 0 aliphatic heterocycles. The summed E-state index contributed by atoms with van der Waals surface area (Å²) >= 11 is 0. The van der Waals surface area contributed by atoms with Crippen LogP contribution in [0.3, 0.4) is 0 Å². The minimum absolute atomic E-state index is 0.0884. The summed E-state index contributed by atoms with van der Waals surface area (Å²) in [5.41, 5.74) is 8.81. The Morgan fingerprint density at radius 2 is 1.86 bits per heavy atom. The van der Waals surface area contributed by atoms with E-state index in [1.807, 2.05) is 29.1 Å². The molecule has 0 radical (unpaired) electrons. The monoisotopic (exact) mass is 283 g/mol. The Bertz CT molecular complexity index is 553. The van der Waals surface area contributed by atoms with Gasteiger partial charge in [-0.25, -0.2) is 4.68 Å². The molecule has 2 aromatic rings. The molecular formula is C18H25N3. The number of hydrogen-bond acceptors (Lipinski definition) is 2. The van der Waals surface area contributed by atoms with E-state index in [1.165, 1.54) is 32.1 Å². The Morgan fingerprint density at radius 1 is 1.14 bits per heavy atom. The zero-order valence-electron chi connectivity index (χ0n) is 12.8. The Balaban J connectivity index is 1.77. The zero-order chi connectivity index (χ0) is 14.7. The van der Waals surface area contributed by atoms with Gasteiger partial charge in [0, 0.05) is 12.2 Å². The molecule has 3 nitrogen and oxygen atoms in total. The molecule has 1 aliphatic carbocycles. The predicted molar refractivity (Wildman–Crippen MR) is 86.2 cm³/mol. The highest BCUT2D eigenvalue weighted by Crippen LogP contribution is 2.37. The van der Waals surface area contributed by atoms with Crippen molar-refractivity contribution in [2.75, 3.05) is 0 Å². The Morgan fingerprint density at radius 3 is 2.52 bits per heavy atom. The number of rotatable bonds is 4. The standard InChI is InChI=1S/C18H25N3/c1-2-14-8-10-15(11-9-14)18(19)17-12-13-20-21(17)16-6-4-3-5-7-16/h3-7,12-15,18H,2,8-11,19H2,1H3. The van der Waals surface area contributed by atoms with E-state index in [1.54, 1.807) is 0 Å². The largest absolute Gasteiger partial charge is 0.322 e. The highest BCUT2D eigenvalue weighted by Gasteiger charge is 2.27. The predicted octanol–water partition coefficient (Wildman–Crippen LogP) is 4.09. The van der Waals surface area contributed by atoms with Crippen molar-refractivity contribution in [3.8, 4) is 5.69 Å². The highest BCUT2D eigenvalue weighted by atomic mass is 15.3. The molecule has 3 heteroatoms. The third kappa shape index (κ3) is 3.03. The van der Waals surface area contributed by atoms with E-state index < -0.39 is 0 Å². The summed E-state index contributed by atoms with van der Waals surface area (Å²) in [5, 5.41) is 4.47. The lowest BCUT2D eigenvalue weighted by Crippen LogP contribution is -2.27. The molecule has 21 heavy (non-hydrogen) atoms. The first-order valence-corrected chi connectivity index (χ1v) is 8.14. The molecule has 1 saturated carbocycles. The molecule has 1 fully saturated rings. The molecule has 1 unspecified atom stereocenters. The zero-order valence-corrected chi connectivity index (χ0v) is 12.8. The lowest BCUT2D eigenvalue weighted by molar-refractivity contribution is 0.236. The maximum atomic E-state index is 6.58. The van der Waals surface area contributed by atoms with E-state index in [0.29, 0.717) is 5.92 Å². The van der Waals surface area contributed by atoms with Crippen LogP contribution in [0.25, 0.3) is 5.69 Å². The van der Waals surface area contributed by atoms with Crippen molar-refractivity contribution in [2.45, 2.75) is 45.1 Å². The van der Waals surface area contributed by atoms with Crippen molar-refractivity contribution in [2.24, 2.45) is 17.6 Å². The molecular weight excluding hydrogens is 258 g/mol. The topological polar surface area (TPSA) is 43.8 Å². The highest BCUT2D eigenvalue weighted by molar-refractivity contribution is 5.33. The molecule has 0 spiro atoms. The molecule has 1 heterocycles. The molecule has 112 valence electrons. The average molecular weight is 283 g/mol. The number of aromatic nitrogens is 2. The van der Waals surface area contributed by atoms with E-state index in [2.05, 4.69) is 30.2 Å². The summed E-state index contributed by atoms with van der Waals surface area (Å²) in [4.78, 5) is 0. The molecule has 0 amide bonds. The summed E-state index contributed by atoms with van der Waals surface area (Å²) in [6, 6.07) is 12.4. The van der Waals surface area contributed by atoms with Crippen LogP contribution in [0.4, 0.5) is 0 Å². The van der Waals surface area contributed by atoms with E-state index in [4.69, 9.17) is 5.73 Å². The number of hydrogen-bond donors (Lipinski definition) is 1. The minimum Gasteiger partial charge on any atom is -0.322 e.